The van der Waals surface area contributed by atoms with Gasteiger partial charge in [-0.3, -0.25) is 4.90 Å². The van der Waals surface area contributed by atoms with Gasteiger partial charge in [0.25, 0.3) is 0 Å². The molecule has 3 heteroatoms. The highest BCUT2D eigenvalue weighted by atomic mass is 79.9. The Kier molecular flexibility index (Phi) is 4.38. The van der Waals surface area contributed by atoms with Gasteiger partial charge in [0.1, 0.15) is 0 Å². The van der Waals surface area contributed by atoms with E-state index < -0.39 is 0 Å². The van der Waals surface area contributed by atoms with Gasteiger partial charge in [0.15, 0.2) is 0 Å². The molecule has 19 heavy (non-hydrogen) atoms. The summed E-state index contributed by atoms with van der Waals surface area (Å²) >= 11 is 3.58. The van der Waals surface area contributed by atoms with Crippen molar-refractivity contribution >= 4 is 15.9 Å². The topological polar surface area (TPSA) is 29.3 Å². The van der Waals surface area contributed by atoms with Gasteiger partial charge in [0.05, 0.1) is 6.04 Å². The molecule has 1 heterocycles. The van der Waals surface area contributed by atoms with E-state index >= 15 is 0 Å². The standard InChI is InChI=1S/C16H25BrN2/c1-11-10-12(7-8-13(11)17)15-14(18)6-5-9-19(15)16(2,3)4/h7-8,10,14-15H,5-6,9,18H2,1-4H3. The van der Waals surface area contributed by atoms with E-state index in [1.807, 2.05) is 0 Å². The van der Waals surface area contributed by atoms with Crippen LogP contribution < -0.4 is 5.73 Å². The third kappa shape index (κ3) is 3.21. The molecule has 0 saturated carbocycles. The molecule has 2 unspecified atom stereocenters. The van der Waals surface area contributed by atoms with Gasteiger partial charge in [-0.2, -0.15) is 0 Å². The summed E-state index contributed by atoms with van der Waals surface area (Å²) in [7, 11) is 0. The van der Waals surface area contributed by atoms with Gasteiger partial charge in [0.2, 0.25) is 0 Å². The summed E-state index contributed by atoms with van der Waals surface area (Å²) in [6.45, 7) is 10.1. The van der Waals surface area contributed by atoms with Gasteiger partial charge in [-0.15, -0.1) is 0 Å². The predicted molar refractivity (Wildman–Crippen MR) is 85.3 cm³/mol. The number of rotatable bonds is 1. The van der Waals surface area contributed by atoms with E-state index in [2.05, 4.69) is 66.7 Å². The summed E-state index contributed by atoms with van der Waals surface area (Å²) < 4.78 is 1.17. The molecular formula is C16H25BrN2. The Hall–Kier alpha value is -0.380. The van der Waals surface area contributed by atoms with Crippen LogP contribution in [0.15, 0.2) is 22.7 Å². The summed E-state index contributed by atoms with van der Waals surface area (Å²) in [4.78, 5) is 2.56. The summed E-state index contributed by atoms with van der Waals surface area (Å²) in [5.74, 6) is 0. The zero-order chi connectivity index (χ0) is 14.2. The fourth-order valence-corrected chi connectivity index (χ4v) is 3.30. The molecule has 1 aromatic rings. The third-order valence-electron chi connectivity index (χ3n) is 4.06. The highest BCUT2D eigenvalue weighted by Crippen LogP contribution is 2.36. The van der Waals surface area contributed by atoms with Crippen LogP contribution in [0.1, 0.15) is 50.8 Å². The van der Waals surface area contributed by atoms with E-state index in [-0.39, 0.29) is 11.6 Å². The van der Waals surface area contributed by atoms with Crippen LogP contribution in [0.4, 0.5) is 0 Å². The predicted octanol–water partition coefficient (Wildman–Crippen LogP) is 4.02. The molecule has 0 amide bonds. The average molecular weight is 325 g/mol. The molecule has 1 aliphatic rings. The summed E-state index contributed by atoms with van der Waals surface area (Å²) in [6, 6.07) is 7.20. The van der Waals surface area contributed by atoms with Crippen molar-refractivity contribution in [1.29, 1.82) is 0 Å². The van der Waals surface area contributed by atoms with Crippen molar-refractivity contribution in [3.8, 4) is 0 Å². The molecule has 1 aliphatic heterocycles. The molecule has 0 bridgehead atoms. The number of halogens is 1. The Labute approximate surface area is 125 Å². The van der Waals surface area contributed by atoms with Crippen LogP contribution in [0.25, 0.3) is 0 Å². The minimum absolute atomic E-state index is 0.156. The molecule has 0 aliphatic carbocycles. The van der Waals surface area contributed by atoms with Crippen LogP contribution in [0.5, 0.6) is 0 Å². The van der Waals surface area contributed by atoms with Crippen molar-refractivity contribution in [2.75, 3.05) is 6.54 Å². The summed E-state index contributed by atoms with van der Waals surface area (Å²) in [5.41, 5.74) is 9.22. The molecule has 0 radical (unpaired) electrons. The zero-order valence-electron chi connectivity index (χ0n) is 12.4. The molecule has 2 rings (SSSR count). The molecular weight excluding hydrogens is 300 g/mol. The maximum Gasteiger partial charge on any atom is 0.0504 e. The van der Waals surface area contributed by atoms with Gasteiger partial charge in [-0.05, 0) is 64.3 Å². The van der Waals surface area contributed by atoms with Crippen molar-refractivity contribution in [3.05, 3.63) is 33.8 Å². The van der Waals surface area contributed by atoms with Gasteiger partial charge >= 0.3 is 0 Å². The maximum atomic E-state index is 6.43. The Morgan fingerprint density at radius 2 is 2.00 bits per heavy atom. The second-order valence-electron chi connectivity index (χ2n) is 6.62. The van der Waals surface area contributed by atoms with Gasteiger partial charge in [0, 0.05) is 16.1 Å². The van der Waals surface area contributed by atoms with Crippen molar-refractivity contribution in [1.82, 2.24) is 4.90 Å². The molecule has 106 valence electrons. The number of nitrogens with two attached hydrogens (primary N) is 1. The molecule has 2 nitrogen and oxygen atoms in total. The summed E-state index contributed by atoms with van der Waals surface area (Å²) in [5, 5.41) is 0. The second-order valence-corrected chi connectivity index (χ2v) is 7.48. The Bertz CT molecular complexity index is 451. The van der Waals surface area contributed by atoms with Crippen molar-refractivity contribution in [3.63, 3.8) is 0 Å². The fraction of sp³-hybridized carbons (Fsp3) is 0.625. The van der Waals surface area contributed by atoms with Crippen LogP contribution in [0.2, 0.25) is 0 Å². The molecule has 2 N–H and O–H groups in total. The van der Waals surface area contributed by atoms with E-state index in [4.69, 9.17) is 5.73 Å². The van der Waals surface area contributed by atoms with Crippen molar-refractivity contribution < 1.29 is 0 Å². The lowest BCUT2D eigenvalue weighted by atomic mass is 9.86. The normalized spacial score (nSPS) is 25.6. The van der Waals surface area contributed by atoms with Gasteiger partial charge in [-0.25, -0.2) is 0 Å². The molecule has 1 saturated heterocycles. The Balaban J connectivity index is 2.39. The largest absolute Gasteiger partial charge is 0.326 e. The second kappa shape index (κ2) is 5.55. The maximum absolute atomic E-state index is 6.43. The monoisotopic (exact) mass is 324 g/mol. The minimum Gasteiger partial charge on any atom is -0.326 e. The van der Waals surface area contributed by atoms with Crippen LogP contribution in [-0.2, 0) is 0 Å². The van der Waals surface area contributed by atoms with E-state index in [9.17, 15) is 0 Å². The lowest BCUT2D eigenvalue weighted by molar-refractivity contribution is 0.0384. The number of hydrogen-bond acceptors (Lipinski definition) is 2. The smallest absolute Gasteiger partial charge is 0.0504 e. The fourth-order valence-electron chi connectivity index (χ4n) is 3.06. The molecule has 1 aromatic carbocycles. The summed E-state index contributed by atoms with van der Waals surface area (Å²) in [6.07, 6.45) is 2.32. The first-order valence-electron chi connectivity index (χ1n) is 7.09. The number of benzene rings is 1. The van der Waals surface area contributed by atoms with E-state index in [1.54, 1.807) is 0 Å². The van der Waals surface area contributed by atoms with Gasteiger partial charge in [-0.1, -0.05) is 28.1 Å². The van der Waals surface area contributed by atoms with Crippen LogP contribution in [-0.4, -0.2) is 23.0 Å². The molecule has 0 spiro atoms. The Morgan fingerprint density at radius 3 is 2.58 bits per heavy atom. The molecule has 2 atom stereocenters. The quantitative estimate of drug-likeness (QED) is 0.845. The van der Waals surface area contributed by atoms with Crippen LogP contribution in [0, 0.1) is 6.92 Å². The van der Waals surface area contributed by atoms with Crippen LogP contribution in [0.3, 0.4) is 0 Å². The highest BCUT2D eigenvalue weighted by molar-refractivity contribution is 9.10. The zero-order valence-corrected chi connectivity index (χ0v) is 14.0. The first kappa shape index (κ1) is 15.0. The number of aryl methyl sites for hydroxylation is 1. The lowest BCUT2D eigenvalue weighted by Crippen LogP contribution is -2.53. The number of nitrogens with zero attached hydrogens (tertiary/aromatic N) is 1. The molecule has 0 aromatic heterocycles. The van der Waals surface area contributed by atoms with Gasteiger partial charge < -0.3 is 5.73 Å². The highest BCUT2D eigenvalue weighted by Gasteiger charge is 2.36. The lowest BCUT2D eigenvalue weighted by Gasteiger charge is -2.47. The minimum atomic E-state index is 0.156. The van der Waals surface area contributed by atoms with Crippen molar-refractivity contribution in [2.24, 2.45) is 5.73 Å². The first-order chi connectivity index (χ1) is 8.80. The SMILES string of the molecule is Cc1cc(C2C(N)CCCN2C(C)(C)C)ccc1Br. The van der Waals surface area contributed by atoms with E-state index in [1.165, 1.54) is 22.0 Å². The van der Waals surface area contributed by atoms with E-state index in [0.29, 0.717) is 6.04 Å². The number of likely N-dealkylation sites (tertiary alicyclic amines) is 1. The first-order valence-corrected chi connectivity index (χ1v) is 7.88. The van der Waals surface area contributed by atoms with Crippen molar-refractivity contribution in [2.45, 2.75) is 58.2 Å². The van der Waals surface area contributed by atoms with Crippen LogP contribution >= 0.6 is 15.9 Å². The number of piperidine rings is 1. The Morgan fingerprint density at radius 1 is 1.32 bits per heavy atom. The van der Waals surface area contributed by atoms with E-state index in [0.717, 1.165) is 13.0 Å². The number of hydrogen-bond donors (Lipinski definition) is 1. The average Bonchev–Trinajstić information content (AvgIpc) is 2.31. The third-order valence-corrected chi connectivity index (χ3v) is 4.95. The molecule has 1 fully saturated rings.